The molecule has 0 aromatic heterocycles. The van der Waals surface area contributed by atoms with Crippen molar-refractivity contribution < 1.29 is 18.4 Å². The van der Waals surface area contributed by atoms with Crippen molar-refractivity contribution in [2.24, 2.45) is 5.92 Å². The van der Waals surface area contributed by atoms with Gasteiger partial charge in [0.1, 0.15) is 11.6 Å². The lowest BCUT2D eigenvalue weighted by Crippen LogP contribution is -2.43. The van der Waals surface area contributed by atoms with Gasteiger partial charge in [-0.2, -0.15) is 0 Å². The van der Waals surface area contributed by atoms with Gasteiger partial charge in [0.15, 0.2) is 0 Å². The van der Waals surface area contributed by atoms with E-state index in [2.05, 4.69) is 10.6 Å². The van der Waals surface area contributed by atoms with Crippen molar-refractivity contribution in [3.63, 3.8) is 0 Å². The number of urea groups is 1. The summed E-state index contributed by atoms with van der Waals surface area (Å²) in [4.78, 5) is 29.6. The first kappa shape index (κ1) is 26.7. The van der Waals surface area contributed by atoms with Crippen LogP contribution in [0.25, 0.3) is 0 Å². The molecule has 0 aliphatic heterocycles. The topological polar surface area (TPSA) is 64.7 Å². The number of nitrogens with zero attached hydrogens (tertiary/aromatic N) is 2. The van der Waals surface area contributed by atoms with Crippen LogP contribution in [0, 0.1) is 17.6 Å². The lowest BCUT2D eigenvalue weighted by molar-refractivity contribution is 0.102. The van der Waals surface area contributed by atoms with E-state index in [1.165, 1.54) is 42.5 Å². The highest BCUT2D eigenvalue weighted by Gasteiger charge is 2.25. The van der Waals surface area contributed by atoms with Crippen molar-refractivity contribution in [2.75, 3.05) is 29.6 Å². The Morgan fingerprint density at radius 2 is 1.47 bits per heavy atom. The van der Waals surface area contributed by atoms with Crippen LogP contribution in [-0.4, -0.2) is 37.0 Å². The number of amides is 3. The summed E-state index contributed by atoms with van der Waals surface area (Å²) >= 11 is 0. The van der Waals surface area contributed by atoms with E-state index in [9.17, 15) is 18.4 Å². The summed E-state index contributed by atoms with van der Waals surface area (Å²) in [5, 5.41) is 5.60. The van der Waals surface area contributed by atoms with E-state index in [0.717, 1.165) is 11.3 Å². The van der Waals surface area contributed by atoms with Gasteiger partial charge in [-0.1, -0.05) is 26.0 Å². The molecule has 2 N–H and O–H groups in total. The van der Waals surface area contributed by atoms with Gasteiger partial charge in [-0.05, 0) is 73.0 Å². The summed E-state index contributed by atoms with van der Waals surface area (Å²) in [6.07, 6.45) is 0. The van der Waals surface area contributed by atoms with Gasteiger partial charge in [0.25, 0.3) is 5.91 Å². The fourth-order valence-electron chi connectivity index (χ4n) is 3.76. The maximum atomic E-state index is 13.7. The predicted molar refractivity (Wildman–Crippen MR) is 140 cm³/mol. The highest BCUT2D eigenvalue weighted by Crippen LogP contribution is 2.27. The molecular weight excluding hydrogens is 462 g/mol. The minimum atomic E-state index is -0.492. The van der Waals surface area contributed by atoms with E-state index in [-0.39, 0.29) is 30.1 Å². The van der Waals surface area contributed by atoms with Crippen molar-refractivity contribution in [1.29, 1.82) is 0 Å². The standard InChI is InChI=1S/C28H32F2N4O2/c1-18(2)19(3)34(28(36)32-24-11-7-10-23(30)16-24)17-21-15-25(12-13-26(21)33(4)5)31-27(35)20-8-6-9-22(29)14-20/h6-16,18-19H,17H2,1-5H3,(H,31,35)(H,32,36). The molecule has 0 saturated heterocycles. The average molecular weight is 495 g/mol. The molecule has 0 bridgehead atoms. The van der Waals surface area contributed by atoms with Crippen LogP contribution in [0.5, 0.6) is 0 Å². The quantitative estimate of drug-likeness (QED) is 0.383. The zero-order chi connectivity index (χ0) is 26.4. The van der Waals surface area contributed by atoms with Crippen LogP contribution < -0.4 is 15.5 Å². The number of halogens is 2. The summed E-state index contributed by atoms with van der Waals surface area (Å²) in [5.74, 6) is -1.21. The molecule has 8 heteroatoms. The number of anilines is 3. The van der Waals surface area contributed by atoms with Gasteiger partial charge in [-0.25, -0.2) is 13.6 Å². The van der Waals surface area contributed by atoms with E-state index >= 15 is 0 Å². The third-order valence-electron chi connectivity index (χ3n) is 6.04. The van der Waals surface area contributed by atoms with Gasteiger partial charge in [-0.15, -0.1) is 0 Å². The molecule has 0 saturated carbocycles. The Morgan fingerprint density at radius 1 is 0.833 bits per heavy atom. The number of rotatable bonds is 8. The number of hydrogen-bond donors (Lipinski definition) is 2. The predicted octanol–water partition coefficient (Wildman–Crippen LogP) is 6.36. The van der Waals surface area contributed by atoms with Crippen LogP contribution in [0.2, 0.25) is 0 Å². The first-order valence-electron chi connectivity index (χ1n) is 11.8. The molecule has 0 fully saturated rings. The molecule has 0 aliphatic carbocycles. The molecule has 0 heterocycles. The van der Waals surface area contributed by atoms with Crippen molar-refractivity contribution in [3.8, 4) is 0 Å². The molecule has 0 aliphatic rings. The SMILES string of the molecule is CC(C)C(C)N(Cc1cc(NC(=O)c2cccc(F)c2)ccc1N(C)C)C(=O)Nc1cccc(F)c1. The lowest BCUT2D eigenvalue weighted by Gasteiger charge is -2.33. The second-order valence-corrected chi connectivity index (χ2v) is 9.26. The number of carbonyl (C=O) groups is 2. The number of carbonyl (C=O) groups excluding carboxylic acids is 2. The van der Waals surface area contributed by atoms with E-state index in [1.54, 1.807) is 17.0 Å². The van der Waals surface area contributed by atoms with E-state index in [1.807, 2.05) is 51.9 Å². The highest BCUT2D eigenvalue weighted by molar-refractivity contribution is 6.04. The number of hydrogen-bond acceptors (Lipinski definition) is 3. The molecule has 190 valence electrons. The summed E-state index contributed by atoms with van der Waals surface area (Å²) in [5.41, 5.74) is 2.77. The normalized spacial score (nSPS) is 11.7. The van der Waals surface area contributed by atoms with E-state index < -0.39 is 17.5 Å². The average Bonchev–Trinajstić information content (AvgIpc) is 2.82. The molecular formula is C28H32F2N4O2. The molecule has 6 nitrogen and oxygen atoms in total. The number of benzene rings is 3. The Morgan fingerprint density at radius 3 is 2.08 bits per heavy atom. The molecule has 1 atom stereocenters. The van der Waals surface area contributed by atoms with Crippen LogP contribution in [0.1, 0.15) is 36.7 Å². The zero-order valence-electron chi connectivity index (χ0n) is 21.2. The molecule has 3 aromatic rings. The van der Waals surface area contributed by atoms with Crippen molar-refractivity contribution in [1.82, 2.24) is 4.90 Å². The molecule has 3 rings (SSSR count). The van der Waals surface area contributed by atoms with E-state index in [0.29, 0.717) is 11.4 Å². The molecule has 3 aromatic carbocycles. The fourth-order valence-corrected chi connectivity index (χ4v) is 3.76. The molecule has 3 amide bonds. The van der Waals surface area contributed by atoms with E-state index in [4.69, 9.17) is 0 Å². The van der Waals surface area contributed by atoms with Crippen molar-refractivity contribution >= 4 is 29.0 Å². The van der Waals surface area contributed by atoms with Crippen molar-refractivity contribution in [3.05, 3.63) is 89.5 Å². The van der Waals surface area contributed by atoms with Gasteiger partial charge < -0.3 is 20.4 Å². The van der Waals surface area contributed by atoms with Crippen LogP contribution in [0.3, 0.4) is 0 Å². The van der Waals surface area contributed by atoms with Gasteiger partial charge in [0.2, 0.25) is 0 Å². The molecule has 36 heavy (non-hydrogen) atoms. The van der Waals surface area contributed by atoms with Crippen molar-refractivity contribution in [2.45, 2.75) is 33.4 Å². The maximum Gasteiger partial charge on any atom is 0.322 e. The Bertz CT molecular complexity index is 1230. The Hall–Kier alpha value is -3.94. The Balaban J connectivity index is 1.90. The van der Waals surface area contributed by atoms with Gasteiger partial charge in [0.05, 0.1) is 0 Å². The molecule has 0 spiro atoms. The molecule has 1 unspecified atom stereocenters. The second-order valence-electron chi connectivity index (χ2n) is 9.26. The zero-order valence-corrected chi connectivity index (χ0v) is 21.2. The summed E-state index contributed by atoms with van der Waals surface area (Å²) in [7, 11) is 3.79. The summed E-state index contributed by atoms with van der Waals surface area (Å²) in [6.45, 7) is 6.25. The highest BCUT2D eigenvalue weighted by atomic mass is 19.1. The number of nitrogens with one attached hydrogen (secondary N) is 2. The monoisotopic (exact) mass is 494 g/mol. The fraction of sp³-hybridized carbons (Fsp3) is 0.286. The smallest absolute Gasteiger partial charge is 0.322 e. The van der Waals surface area contributed by atoms with Crippen LogP contribution in [-0.2, 0) is 6.54 Å². The summed E-state index contributed by atoms with van der Waals surface area (Å²) < 4.78 is 27.2. The lowest BCUT2D eigenvalue weighted by atomic mass is 10.0. The largest absolute Gasteiger partial charge is 0.377 e. The van der Waals surface area contributed by atoms with Gasteiger partial charge in [0, 0.05) is 49.3 Å². The first-order valence-corrected chi connectivity index (χ1v) is 11.8. The summed E-state index contributed by atoms with van der Waals surface area (Å²) in [6, 6.07) is 16.2. The van der Waals surface area contributed by atoms with Crippen LogP contribution >= 0.6 is 0 Å². The third-order valence-corrected chi connectivity index (χ3v) is 6.04. The second kappa shape index (κ2) is 11.7. The minimum absolute atomic E-state index is 0.140. The van der Waals surface area contributed by atoms with Gasteiger partial charge in [-0.3, -0.25) is 4.79 Å². The maximum absolute atomic E-state index is 13.7. The van der Waals surface area contributed by atoms with Crippen LogP contribution in [0.4, 0.5) is 30.6 Å². The minimum Gasteiger partial charge on any atom is -0.377 e. The Labute approximate surface area is 210 Å². The third kappa shape index (κ3) is 6.81. The Kier molecular flexibility index (Phi) is 8.64. The molecule has 0 radical (unpaired) electrons. The van der Waals surface area contributed by atoms with Crippen LogP contribution in [0.15, 0.2) is 66.7 Å². The first-order chi connectivity index (χ1) is 17.0. The van der Waals surface area contributed by atoms with Gasteiger partial charge >= 0.3 is 6.03 Å².